The van der Waals surface area contributed by atoms with Crippen molar-refractivity contribution in [3.05, 3.63) is 58.3 Å². The van der Waals surface area contributed by atoms with Crippen LogP contribution in [0.4, 0.5) is 0 Å². The van der Waals surface area contributed by atoms with Crippen molar-refractivity contribution in [2.75, 3.05) is 45.9 Å². The van der Waals surface area contributed by atoms with Crippen LogP contribution in [0.25, 0.3) is 0 Å². The fourth-order valence-electron chi connectivity index (χ4n) is 3.61. The van der Waals surface area contributed by atoms with Gasteiger partial charge in [-0.2, -0.15) is 0 Å². The van der Waals surface area contributed by atoms with Gasteiger partial charge in [0.15, 0.2) is 0 Å². The van der Waals surface area contributed by atoms with Crippen LogP contribution in [-0.2, 0) is 27.4 Å². The van der Waals surface area contributed by atoms with Crippen molar-refractivity contribution in [3.63, 3.8) is 0 Å². The number of nitrogens with zero attached hydrogens (tertiary/aromatic N) is 3. The van der Waals surface area contributed by atoms with Crippen LogP contribution in [0.15, 0.2) is 47.8 Å². The van der Waals surface area contributed by atoms with Gasteiger partial charge >= 0.3 is 0 Å². The first-order valence-electron chi connectivity index (χ1n) is 11.0. The van der Waals surface area contributed by atoms with Gasteiger partial charge in [-0.1, -0.05) is 50.2 Å². The summed E-state index contributed by atoms with van der Waals surface area (Å²) in [6.07, 6.45) is 0. The number of carbonyl (C=O) groups is 2. The number of carbonyl (C=O) groups excluding carboxylic acids is 2. The Balaban J connectivity index is 1.68. The Morgan fingerprint density at radius 1 is 1.03 bits per heavy atom. The van der Waals surface area contributed by atoms with Gasteiger partial charge in [-0.05, 0) is 17.0 Å². The molecule has 7 heteroatoms. The van der Waals surface area contributed by atoms with Crippen LogP contribution in [0, 0.1) is 5.92 Å². The molecule has 0 spiro atoms. The Morgan fingerprint density at radius 2 is 1.77 bits per heavy atom. The Kier molecular flexibility index (Phi) is 9.06. The van der Waals surface area contributed by atoms with E-state index in [1.54, 1.807) is 16.2 Å². The van der Waals surface area contributed by atoms with Crippen LogP contribution in [0.3, 0.4) is 0 Å². The van der Waals surface area contributed by atoms with E-state index in [2.05, 4.69) is 4.90 Å². The van der Waals surface area contributed by atoms with E-state index in [1.165, 1.54) is 0 Å². The predicted octanol–water partition coefficient (Wildman–Crippen LogP) is 3.09. The summed E-state index contributed by atoms with van der Waals surface area (Å²) in [5.41, 5.74) is 1.09. The van der Waals surface area contributed by atoms with Crippen molar-refractivity contribution in [3.8, 4) is 0 Å². The van der Waals surface area contributed by atoms with E-state index in [1.807, 2.05) is 66.6 Å². The van der Waals surface area contributed by atoms with Gasteiger partial charge in [-0.3, -0.25) is 14.5 Å². The Hall–Kier alpha value is -2.22. The number of rotatable bonds is 10. The third-order valence-corrected chi connectivity index (χ3v) is 6.28. The second kappa shape index (κ2) is 12.0. The Labute approximate surface area is 189 Å². The quantitative estimate of drug-likeness (QED) is 0.566. The molecule has 0 radical (unpaired) electrons. The monoisotopic (exact) mass is 443 g/mol. The lowest BCUT2D eigenvalue weighted by Gasteiger charge is -2.32. The van der Waals surface area contributed by atoms with Crippen LogP contribution in [0.2, 0.25) is 0 Å². The average molecular weight is 444 g/mol. The summed E-state index contributed by atoms with van der Waals surface area (Å²) in [6, 6.07) is 14.1. The van der Waals surface area contributed by atoms with Crippen molar-refractivity contribution in [1.82, 2.24) is 14.7 Å². The van der Waals surface area contributed by atoms with Gasteiger partial charge in [-0.25, -0.2) is 0 Å². The molecule has 0 N–H and O–H groups in total. The first-order chi connectivity index (χ1) is 15.0. The molecule has 1 aromatic carbocycles. The molecule has 0 saturated carbocycles. The summed E-state index contributed by atoms with van der Waals surface area (Å²) < 4.78 is 5.41. The summed E-state index contributed by atoms with van der Waals surface area (Å²) in [5.74, 6) is -0.136. The Morgan fingerprint density at radius 3 is 2.42 bits per heavy atom. The second-order valence-electron chi connectivity index (χ2n) is 8.18. The molecule has 3 rings (SSSR count). The number of amides is 2. The number of thiophene rings is 1. The highest BCUT2D eigenvalue weighted by Gasteiger charge is 2.24. The van der Waals surface area contributed by atoms with E-state index >= 15 is 0 Å². The fraction of sp³-hybridized carbons (Fsp3) is 0.500. The van der Waals surface area contributed by atoms with Crippen LogP contribution >= 0.6 is 11.3 Å². The summed E-state index contributed by atoms with van der Waals surface area (Å²) in [5, 5.41) is 2.03. The maximum absolute atomic E-state index is 13.4. The molecule has 168 valence electrons. The zero-order chi connectivity index (χ0) is 22.1. The van der Waals surface area contributed by atoms with Gasteiger partial charge in [0.05, 0.1) is 26.3 Å². The van der Waals surface area contributed by atoms with Gasteiger partial charge in [0.1, 0.15) is 0 Å². The van der Waals surface area contributed by atoms with Crippen LogP contribution in [0.5, 0.6) is 0 Å². The third-order valence-electron chi connectivity index (χ3n) is 5.42. The minimum absolute atomic E-state index is 0.0202. The first-order valence-corrected chi connectivity index (χ1v) is 11.8. The molecule has 31 heavy (non-hydrogen) atoms. The molecular weight excluding hydrogens is 410 g/mol. The zero-order valence-electron chi connectivity index (χ0n) is 18.5. The molecule has 2 aromatic rings. The number of ether oxygens (including phenoxy) is 1. The maximum atomic E-state index is 13.4. The van der Waals surface area contributed by atoms with Crippen molar-refractivity contribution in [1.29, 1.82) is 0 Å². The summed E-state index contributed by atoms with van der Waals surface area (Å²) in [7, 11) is 0. The van der Waals surface area contributed by atoms with Gasteiger partial charge in [-0.15, -0.1) is 11.3 Å². The predicted molar refractivity (Wildman–Crippen MR) is 124 cm³/mol. The SMILES string of the molecule is CC(C)C(=O)N(CCN1CCOCC1)CC(=O)N(Cc1ccccc1)Cc1cccs1. The largest absolute Gasteiger partial charge is 0.379 e. The summed E-state index contributed by atoms with van der Waals surface area (Å²) >= 11 is 1.65. The van der Waals surface area contributed by atoms with Gasteiger partial charge in [0, 0.05) is 43.5 Å². The smallest absolute Gasteiger partial charge is 0.242 e. The van der Waals surface area contributed by atoms with E-state index in [-0.39, 0.29) is 24.3 Å². The normalized spacial score (nSPS) is 14.5. The highest BCUT2D eigenvalue weighted by molar-refractivity contribution is 7.09. The van der Waals surface area contributed by atoms with E-state index in [9.17, 15) is 9.59 Å². The molecule has 6 nitrogen and oxygen atoms in total. The molecule has 0 bridgehead atoms. The van der Waals surface area contributed by atoms with Crippen molar-refractivity contribution >= 4 is 23.2 Å². The summed E-state index contributed by atoms with van der Waals surface area (Å²) in [6.45, 7) is 9.49. The summed E-state index contributed by atoms with van der Waals surface area (Å²) in [4.78, 5) is 33.2. The number of benzene rings is 1. The number of hydrogen-bond donors (Lipinski definition) is 0. The van der Waals surface area contributed by atoms with E-state index in [0.29, 0.717) is 19.6 Å². The lowest BCUT2D eigenvalue weighted by Crippen LogP contribution is -2.48. The molecule has 0 unspecified atom stereocenters. The number of morpholine rings is 1. The molecule has 2 amide bonds. The van der Waals surface area contributed by atoms with Crippen LogP contribution < -0.4 is 0 Å². The van der Waals surface area contributed by atoms with Crippen LogP contribution in [-0.4, -0.2) is 72.5 Å². The van der Waals surface area contributed by atoms with Gasteiger partial charge in [0.2, 0.25) is 11.8 Å². The average Bonchev–Trinajstić information content (AvgIpc) is 3.30. The van der Waals surface area contributed by atoms with E-state index in [0.717, 1.165) is 43.3 Å². The standard InChI is InChI=1S/C24H33N3O3S/c1-20(2)24(29)26(11-10-25-12-14-30-15-13-25)19-23(28)27(18-22-9-6-16-31-22)17-21-7-4-3-5-8-21/h3-9,16,20H,10-15,17-19H2,1-2H3. The zero-order valence-corrected chi connectivity index (χ0v) is 19.4. The highest BCUT2D eigenvalue weighted by atomic mass is 32.1. The molecule has 1 fully saturated rings. The van der Waals surface area contributed by atoms with E-state index in [4.69, 9.17) is 4.74 Å². The highest BCUT2D eigenvalue weighted by Crippen LogP contribution is 2.16. The molecule has 2 heterocycles. The first kappa shape index (κ1) is 23.4. The molecule has 1 saturated heterocycles. The molecule has 1 aromatic heterocycles. The lowest BCUT2D eigenvalue weighted by atomic mass is 10.1. The third kappa shape index (κ3) is 7.45. The van der Waals surface area contributed by atoms with Crippen molar-refractivity contribution in [2.24, 2.45) is 5.92 Å². The molecule has 1 aliphatic rings. The fourth-order valence-corrected chi connectivity index (χ4v) is 4.33. The van der Waals surface area contributed by atoms with Crippen LogP contribution in [0.1, 0.15) is 24.3 Å². The van der Waals surface area contributed by atoms with Gasteiger partial charge < -0.3 is 14.5 Å². The Bertz CT molecular complexity index is 805. The van der Waals surface area contributed by atoms with Crippen molar-refractivity contribution < 1.29 is 14.3 Å². The molecular formula is C24H33N3O3S. The maximum Gasteiger partial charge on any atom is 0.242 e. The second-order valence-corrected chi connectivity index (χ2v) is 9.22. The molecule has 1 aliphatic heterocycles. The van der Waals surface area contributed by atoms with Crippen molar-refractivity contribution in [2.45, 2.75) is 26.9 Å². The minimum Gasteiger partial charge on any atom is -0.379 e. The minimum atomic E-state index is -0.141. The molecule has 0 atom stereocenters. The molecule has 0 aliphatic carbocycles. The van der Waals surface area contributed by atoms with Gasteiger partial charge in [0.25, 0.3) is 0 Å². The number of hydrogen-bond acceptors (Lipinski definition) is 5. The lowest BCUT2D eigenvalue weighted by molar-refractivity contribution is -0.143. The van der Waals surface area contributed by atoms with E-state index < -0.39 is 0 Å². The topological polar surface area (TPSA) is 53.1 Å².